The lowest BCUT2D eigenvalue weighted by Crippen LogP contribution is -2.65. The van der Waals surface area contributed by atoms with Gasteiger partial charge in [0.2, 0.25) is 5.91 Å². The Balaban J connectivity index is 1.91. The third kappa shape index (κ3) is 19.1. The van der Waals surface area contributed by atoms with Crippen LogP contribution in [0.25, 0.3) is 0 Å². The van der Waals surface area contributed by atoms with Crippen molar-refractivity contribution in [2.45, 2.75) is 235 Å². The predicted molar refractivity (Wildman–Crippen MR) is 208 cm³/mol. The Kier molecular flexibility index (Phi) is 27.4. The molecular weight excluding hydrogens is 714 g/mol. The molecule has 55 heavy (non-hydrogen) atoms. The van der Waals surface area contributed by atoms with Crippen molar-refractivity contribution >= 4 is 5.91 Å². The molecule has 326 valence electrons. The van der Waals surface area contributed by atoms with Crippen LogP contribution in [0.15, 0.2) is 0 Å². The summed E-state index contributed by atoms with van der Waals surface area (Å²) in [5.41, 5.74) is 0. The molecule has 0 spiro atoms. The van der Waals surface area contributed by atoms with E-state index in [4.69, 9.17) is 18.9 Å². The molecule has 12 unspecified atom stereocenters. The number of aliphatic hydroxyl groups is 8. The lowest BCUT2D eigenvalue weighted by atomic mass is 9.97. The molecule has 0 aromatic heterocycles. The lowest BCUT2D eigenvalue weighted by Gasteiger charge is -2.46. The van der Waals surface area contributed by atoms with Crippen LogP contribution < -0.4 is 5.32 Å². The number of carbonyl (C=O) groups excluding carboxylic acids is 1. The van der Waals surface area contributed by atoms with Crippen molar-refractivity contribution in [1.82, 2.24) is 5.32 Å². The fourth-order valence-electron chi connectivity index (χ4n) is 7.41. The quantitative estimate of drug-likeness (QED) is 0.0445. The van der Waals surface area contributed by atoms with Crippen LogP contribution in [-0.2, 0) is 23.7 Å². The topological polar surface area (TPSA) is 228 Å². The highest BCUT2D eigenvalue weighted by atomic mass is 16.7. The first kappa shape index (κ1) is 50.1. The first-order valence-electron chi connectivity index (χ1n) is 21.8. The van der Waals surface area contributed by atoms with Crippen LogP contribution >= 0.6 is 0 Å². The van der Waals surface area contributed by atoms with Gasteiger partial charge in [0.05, 0.1) is 32.0 Å². The van der Waals surface area contributed by atoms with Gasteiger partial charge in [0, 0.05) is 6.42 Å². The third-order valence-corrected chi connectivity index (χ3v) is 11.1. The molecule has 9 N–H and O–H groups in total. The van der Waals surface area contributed by atoms with Gasteiger partial charge in [-0.15, -0.1) is 0 Å². The van der Waals surface area contributed by atoms with E-state index in [0.717, 1.165) is 51.4 Å². The number of carbonyl (C=O) groups is 1. The molecule has 0 radical (unpaired) electrons. The Morgan fingerprint density at radius 3 is 1.55 bits per heavy atom. The molecule has 0 aliphatic carbocycles. The second-order valence-electron chi connectivity index (χ2n) is 15.8. The zero-order valence-corrected chi connectivity index (χ0v) is 33.9. The van der Waals surface area contributed by atoms with Gasteiger partial charge < -0.3 is 65.1 Å². The molecule has 0 aromatic carbocycles. The number of ether oxygens (including phenoxy) is 4. The zero-order chi connectivity index (χ0) is 40.4. The number of hydrogen-bond donors (Lipinski definition) is 9. The smallest absolute Gasteiger partial charge is 0.220 e. The van der Waals surface area contributed by atoms with E-state index in [9.17, 15) is 45.6 Å². The van der Waals surface area contributed by atoms with E-state index in [-0.39, 0.29) is 12.5 Å². The molecule has 2 saturated heterocycles. The number of nitrogens with one attached hydrogen (secondary N) is 1. The molecule has 14 nitrogen and oxygen atoms in total. The Morgan fingerprint density at radius 1 is 0.582 bits per heavy atom. The fourth-order valence-corrected chi connectivity index (χ4v) is 7.41. The highest BCUT2D eigenvalue weighted by Crippen LogP contribution is 2.30. The minimum Gasteiger partial charge on any atom is -0.394 e. The first-order valence-corrected chi connectivity index (χ1v) is 21.8. The van der Waals surface area contributed by atoms with Crippen molar-refractivity contribution in [2.24, 2.45) is 0 Å². The summed E-state index contributed by atoms with van der Waals surface area (Å²) >= 11 is 0. The standard InChI is InChI=1S/C41H79NO13/c1-3-5-7-9-11-13-15-16-18-20-22-24-30(45)29(42-33(46)25-23-21-19-17-14-12-10-8-6-4-2)28-52-40-38(51)36(49)39(32(27-44)54-40)55-41-37(50)35(48)34(47)31(26-43)53-41/h29-32,34-41,43-45,47-51H,3-28H2,1-2H3,(H,42,46). The van der Waals surface area contributed by atoms with Gasteiger partial charge in [-0.1, -0.05) is 142 Å². The summed E-state index contributed by atoms with van der Waals surface area (Å²) in [4.78, 5) is 13.0. The van der Waals surface area contributed by atoms with E-state index in [2.05, 4.69) is 19.2 Å². The van der Waals surface area contributed by atoms with E-state index in [1.54, 1.807) is 0 Å². The second kappa shape index (κ2) is 30.1. The second-order valence-corrected chi connectivity index (χ2v) is 15.8. The molecule has 12 atom stereocenters. The number of amides is 1. The summed E-state index contributed by atoms with van der Waals surface area (Å²) in [5, 5.41) is 86.4. The lowest BCUT2D eigenvalue weighted by molar-refractivity contribution is -0.359. The molecule has 2 rings (SSSR count). The molecule has 2 aliphatic rings. The van der Waals surface area contributed by atoms with E-state index < -0.39 is 86.8 Å². The summed E-state index contributed by atoms with van der Waals surface area (Å²) < 4.78 is 22.6. The van der Waals surface area contributed by atoms with E-state index in [0.29, 0.717) is 12.8 Å². The van der Waals surface area contributed by atoms with Crippen molar-refractivity contribution in [3.05, 3.63) is 0 Å². The number of hydrogen-bond acceptors (Lipinski definition) is 13. The summed E-state index contributed by atoms with van der Waals surface area (Å²) in [7, 11) is 0. The van der Waals surface area contributed by atoms with Crippen LogP contribution in [0.2, 0.25) is 0 Å². The highest BCUT2D eigenvalue weighted by molar-refractivity contribution is 5.76. The van der Waals surface area contributed by atoms with Gasteiger partial charge in [-0.3, -0.25) is 4.79 Å². The molecule has 0 saturated carbocycles. The third-order valence-electron chi connectivity index (χ3n) is 11.1. The van der Waals surface area contributed by atoms with Crippen LogP contribution in [0.1, 0.15) is 162 Å². The average Bonchev–Trinajstić information content (AvgIpc) is 3.18. The van der Waals surface area contributed by atoms with Gasteiger partial charge in [0.15, 0.2) is 12.6 Å². The van der Waals surface area contributed by atoms with Crippen molar-refractivity contribution in [1.29, 1.82) is 0 Å². The Bertz CT molecular complexity index is 946. The van der Waals surface area contributed by atoms with Crippen LogP contribution in [0.4, 0.5) is 0 Å². The summed E-state index contributed by atoms with van der Waals surface area (Å²) in [6.45, 7) is 2.79. The van der Waals surface area contributed by atoms with Gasteiger partial charge in [-0.05, 0) is 12.8 Å². The molecule has 0 bridgehead atoms. The highest BCUT2D eigenvalue weighted by Gasteiger charge is 2.51. The minimum atomic E-state index is -1.78. The van der Waals surface area contributed by atoms with Gasteiger partial charge in [0.25, 0.3) is 0 Å². The molecule has 14 heteroatoms. The number of rotatable bonds is 32. The van der Waals surface area contributed by atoms with E-state index >= 15 is 0 Å². The zero-order valence-electron chi connectivity index (χ0n) is 33.9. The number of aliphatic hydroxyl groups excluding tert-OH is 8. The van der Waals surface area contributed by atoms with Crippen LogP contribution in [0.3, 0.4) is 0 Å². The largest absolute Gasteiger partial charge is 0.394 e. The van der Waals surface area contributed by atoms with E-state index in [1.807, 2.05) is 0 Å². The monoisotopic (exact) mass is 794 g/mol. The summed E-state index contributed by atoms with van der Waals surface area (Å²) in [6.07, 6.45) is 8.39. The maximum Gasteiger partial charge on any atom is 0.220 e. The normalized spacial score (nSPS) is 29.6. The van der Waals surface area contributed by atoms with Crippen LogP contribution in [0.5, 0.6) is 0 Å². The molecule has 2 fully saturated rings. The van der Waals surface area contributed by atoms with Crippen molar-refractivity contribution in [3.8, 4) is 0 Å². The minimum absolute atomic E-state index is 0.211. The fraction of sp³-hybridized carbons (Fsp3) is 0.976. The SMILES string of the molecule is CCCCCCCCCCCCCC(O)C(COC1OC(CO)C(OC2OC(CO)C(O)C(O)C2O)C(O)C1O)NC(=O)CCCCCCCCCCCC. The van der Waals surface area contributed by atoms with Crippen LogP contribution in [0, 0.1) is 0 Å². The summed E-state index contributed by atoms with van der Waals surface area (Å²) in [6, 6.07) is -0.817. The Labute approximate surface area is 330 Å². The Hall–Kier alpha value is -1.01. The Morgan fingerprint density at radius 2 is 1.04 bits per heavy atom. The molecule has 1 amide bonds. The van der Waals surface area contributed by atoms with Crippen molar-refractivity contribution in [3.63, 3.8) is 0 Å². The van der Waals surface area contributed by atoms with Gasteiger partial charge in [-0.25, -0.2) is 0 Å². The first-order chi connectivity index (χ1) is 26.6. The van der Waals surface area contributed by atoms with Crippen LogP contribution in [-0.4, -0.2) is 140 Å². The van der Waals surface area contributed by atoms with Gasteiger partial charge in [-0.2, -0.15) is 0 Å². The predicted octanol–water partition coefficient (Wildman–Crippen LogP) is 3.48. The van der Waals surface area contributed by atoms with Crippen molar-refractivity contribution < 1.29 is 64.6 Å². The van der Waals surface area contributed by atoms with Gasteiger partial charge >= 0.3 is 0 Å². The molecule has 2 aliphatic heterocycles. The van der Waals surface area contributed by atoms with Crippen molar-refractivity contribution in [2.75, 3.05) is 19.8 Å². The van der Waals surface area contributed by atoms with E-state index in [1.165, 1.54) is 83.5 Å². The average molecular weight is 794 g/mol. The molecular formula is C41H79NO13. The maximum absolute atomic E-state index is 13.0. The molecule has 0 aromatic rings. The summed E-state index contributed by atoms with van der Waals surface area (Å²) in [5.74, 6) is -0.211. The molecule has 2 heterocycles. The number of unbranched alkanes of at least 4 members (excludes halogenated alkanes) is 19. The maximum atomic E-state index is 13.0. The van der Waals surface area contributed by atoms with Gasteiger partial charge in [0.1, 0.15) is 48.8 Å².